The molecule has 2 aromatic rings. The topological polar surface area (TPSA) is 102 Å². The molecule has 2 aliphatic heterocycles. The van der Waals surface area contributed by atoms with Crippen molar-refractivity contribution in [1.82, 2.24) is 24.9 Å². The highest BCUT2D eigenvalue weighted by Gasteiger charge is 2.47. The van der Waals surface area contributed by atoms with E-state index < -0.39 is 5.41 Å². The van der Waals surface area contributed by atoms with Crippen molar-refractivity contribution in [2.24, 2.45) is 12.5 Å². The number of ether oxygens (including phenoxy) is 1. The minimum Gasteiger partial charge on any atom is -0.380 e. The van der Waals surface area contributed by atoms with Crippen molar-refractivity contribution in [1.29, 1.82) is 0 Å². The van der Waals surface area contributed by atoms with Gasteiger partial charge in [0.2, 0.25) is 0 Å². The molecule has 0 radical (unpaired) electrons. The number of anilines is 2. The molecule has 184 valence electrons. The molecule has 35 heavy (non-hydrogen) atoms. The minimum absolute atomic E-state index is 0.0416. The van der Waals surface area contributed by atoms with Gasteiger partial charge >= 0.3 is 0 Å². The number of nitrogens with zero attached hydrogens (tertiary/aromatic N) is 6. The van der Waals surface area contributed by atoms with Crippen molar-refractivity contribution in [3.63, 3.8) is 0 Å². The molecule has 6 rings (SSSR count). The number of hydrogen-bond donors (Lipinski definition) is 1. The number of carbonyl (C=O) groups is 1. The quantitative estimate of drug-likeness (QED) is 0.671. The Labute approximate surface area is 203 Å². The van der Waals surface area contributed by atoms with E-state index in [9.17, 15) is 9.18 Å². The second kappa shape index (κ2) is 8.15. The highest BCUT2D eigenvalue weighted by Crippen LogP contribution is 2.45. The fourth-order valence-corrected chi connectivity index (χ4v) is 5.87. The molecule has 1 saturated heterocycles. The van der Waals surface area contributed by atoms with E-state index in [-0.39, 0.29) is 29.9 Å². The minimum atomic E-state index is -0.622. The summed E-state index contributed by atoms with van der Waals surface area (Å²) in [6.07, 6.45) is 10.2. The van der Waals surface area contributed by atoms with Gasteiger partial charge in [0.15, 0.2) is 11.5 Å². The Balaban J connectivity index is 1.51. The van der Waals surface area contributed by atoms with Gasteiger partial charge < -0.3 is 20.3 Å². The molecule has 2 aliphatic carbocycles. The number of rotatable bonds is 1. The van der Waals surface area contributed by atoms with E-state index >= 15 is 0 Å². The molecule has 2 bridgehead atoms. The number of amides is 1. The monoisotopic (exact) mass is 479 g/mol. The Hall–Kier alpha value is -3.27. The first-order valence-electron chi connectivity index (χ1n) is 12.3. The van der Waals surface area contributed by atoms with Crippen molar-refractivity contribution < 1.29 is 13.9 Å². The number of carbonyl (C=O) groups excluding carboxylic acids is 1. The van der Waals surface area contributed by atoms with Gasteiger partial charge in [-0.3, -0.25) is 9.48 Å². The highest BCUT2D eigenvalue weighted by molar-refractivity contribution is 5.99. The number of halogens is 1. The van der Waals surface area contributed by atoms with Crippen LogP contribution in [0.3, 0.4) is 0 Å². The number of nitrogens with two attached hydrogens (primary N) is 1. The van der Waals surface area contributed by atoms with Crippen LogP contribution in [-0.2, 0) is 11.8 Å². The smallest absolute Gasteiger partial charge is 0.275 e. The van der Waals surface area contributed by atoms with Crippen molar-refractivity contribution in [3.8, 4) is 11.3 Å². The van der Waals surface area contributed by atoms with Crippen molar-refractivity contribution in [2.75, 3.05) is 30.3 Å². The highest BCUT2D eigenvalue weighted by atomic mass is 19.1. The van der Waals surface area contributed by atoms with Crippen LogP contribution in [0.25, 0.3) is 11.3 Å². The van der Waals surface area contributed by atoms with Gasteiger partial charge in [-0.25, -0.2) is 4.39 Å². The molecule has 1 amide bonds. The maximum Gasteiger partial charge on any atom is 0.275 e. The number of aryl methyl sites for hydroxylation is 1. The maximum atomic E-state index is 14.6. The molecule has 2 unspecified atom stereocenters. The predicted molar refractivity (Wildman–Crippen MR) is 129 cm³/mol. The van der Waals surface area contributed by atoms with Gasteiger partial charge in [0, 0.05) is 43.8 Å². The van der Waals surface area contributed by atoms with Gasteiger partial charge in [-0.2, -0.15) is 5.10 Å². The summed E-state index contributed by atoms with van der Waals surface area (Å²) in [6.45, 7) is 3.60. The zero-order valence-electron chi connectivity index (χ0n) is 20.0. The van der Waals surface area contributed by atoms with Gasteiger partial charge in [0.05, 0.1) is 29.7 Å². The number of hydrogen-bond acceptors (Lipinski definition) is 7. The summed E-state index contributed by atoms with van der Waals surface area (Å²) in [5.41, 5.74) is 7.98. The number of aromatic nitrogens is 4. The lowest BCUT2D eigenvalue weighted by Gasteiger charge is -2.45. The van der Waals surface area contributed by atoms with Crippen LogP contribution >= 0.6 is 0 Å². The number of allylic oxidation sites excluding steroid dienone is 2. The van der Waals surface area contributed by atoms with Gasteiger partial charge in [0.1, 0.15) is 5.83 Å². The lowest BCUT2D eigenvalue weighted by Crippen LogP contribution is -2.50. The summed E-state index contributed by atoms with van der Waals surface area (Å²) in [5.74, 6) is -0.103. The van der Waals surface area contributed by atoms with Crippen LogP contribution in [0.5, 0.6) is 0 Å². The standard InChI is InChI=1S/C25H30FN7O2/c1-25-13-15(26)5-8-21(25)35-11-10-32(16-6-7-16)24(34)22-17(14-31(2)30-22)18-12-19(23(27)29-28-18)33-9-3-4-20(25)33/h5,8,12-14,16,20-21H,3-4,6-7,9-11H2,1-2H3,(H2,27,29)/t20-,21?,25?/m1/s1. The third-order valence-corrected chi connectivity index (χ3v) is 7.76. The molecule has 10 heteroatoms. The molecule has 2 fully saturated rings. The van der Waals surface area contributed by atoms with Gasteiger partial charge in [-0.05, 0) is 43.9 Å². The van der Waals surface area contributed by atoms with E-state index in [2.05, 4.69) is 20.2 Å². The van der Waals surface area contributed by atoms with Gasteiger partial charge in [-0.1, -0.05) is 13.0 Å². The van der Waals surface area contributed by atoms with Crippen LogP contribution in [0.4, 0.5) is 15.9 Å². The SMILES string of the molecule is Cn1cc2c(n1)C(=O)N(C1CC1)CCOC1C=CC(F)=CC1(C)[C@H]1CCCN1c1cc-2nnc1N. The zero-order chi connectivity index (χ0) is 24.3. The molecular weight excluding hydrogens is 449 g/mol. The van der Waals surface area contributed by atoms with Gasteiger partial charge in [-0.15, -0.1) is 10.2 Å². The molecule has 2 aromatic heterocycles. The Morgan fingerprint density at radius 1 is 1.20 bits per heavy atom. The lowest BCUT2D eigenvalue weighted by molar-refractivity contribution is -0.00261. The number of nitrogen functional groups attached to an aromatic ring is 1. The van der Waals surface area contributed by atoms with E-state index in [0.717, 1.165) is 37.9 Å². The number of fused-ring (bicyclic) bond motifs is 8. The Kier molecular flexibility index (Phi) is 5.17. The van der Waals surface area contributed by atoms with E-state index in [4.69, 9.17) is 10.5 Å². The largest absolute Gasteiger partial charge is 0.380 e. The summed E-state index contributed by atoms with van der Waals surface area (Å²) < 4.78 is 22.6. The summed E-state index contributed by atoms with van der Waals surface area (Å²) in [6, 6.07) is 2.03. The lowest BCUT2D eigenvalue weighted by atomic mass is 9.73. The van der Waals surface area contributed by atoms with Crippen LogP contribution in [0.15, 0.2) is 36.3 Å². The zero-order valence-corrected chi connectivity index (χ0v) is 20.0. The first kappa shape index (κ1) is 22.2. The average Bonchev–Trinajstić information content (AvgIpc) is 3.39. The Morgan fingerprint density at radius 2 is 2.03 bits per heavy atom. The fraction of sp³-hybridized carbons (Fsp3) is 0.520. The molecule has 4 aliphatic rings. The maximum absolute atomic E-state index is 14.6. The van der Waals surface area contributed by atoms with Crippen molar-refractivity contribution >= 4 is 17.4 Å². The van der Waals surface area contributed by atoms with Crippen LogP contribution in [0.1, 0.15) is 43.1 Å². The summed E-state index contributed by atoms with van der Waals surface area (Å²) in [4.78, 5) is 17.7. The van der Waals surface area contributed by atoms with E-state index in [1.165, 1.54) is 6.08 Å². The van der Waals surface area contributed by atoms with E-state index in [1.54, 1.807) is 30.1 Å². The molecule has 3 atom stereocenters. The molecule has 2 N–H and O–H groups in total. The Bertz CT molecular complexity index is 1240. The average molecular weight is 480 g/mol. The van der Waals surface area contributed by atoms with Crippen molar-refractivity contribution in [2.45, 2.75) is 50.8 Å². The predicted octanol–water partition coefficient (Wildman–Crippen LogP) is 2.86. The van der Waals surface area contributed by atoms with E-state index in [1.807, 2.05) is 17.9 Å². The van der Waals surface area contributed by atoms with Crippen LogP contribution in [-0.4, -0.2) is 68.7 Å². The van der Waals surface area contributed by atoms with Crippen LogP contribution in [0.2, 0.25) is 0 Å². The van der Waals surface area contributed by atoms with Crippen LogP contribution in [0, 0.1) is 5.41 Å². The molecule has 0 spiro atoms. The third kappa shape index (κ3) is 3.71. The van der Waals surface area contributed by atoms with E-state index in [0.29, 0.717) is 35.9 Å². The first-order valence-corrected chi connectivity index (χ1v) is 12.3. The normalized spacial score (nSPS) is 28.8. The second-order valence-corrected chi connectivity index (χ2v) is 10.2. The van der Waals surface area contributed by atoms with Crippen molar-refractivity contribution in [3.05, 3.63) is 42.0 Å². The Morgan fingerprint density at radius 3 is 2.83 bits per heavy atom. The molecule has 4 heterocycles. The molecule has 0 aromatic carbocycles. The summed E-state index contributed by atoms with van der Waals surface area (Å²) >= 11 is 0. The molecule has 1 saturated carbocycles. The first-order chi connectivity index (χ1) is 16.8. The second-order valence-electron chi connectivity index (χ2n) is 10.2. The molecule has 9 nitrogen and oxygen atoms in total. The van der Waals surface area contributed by atoms with Crippen LogP contribution < -0.4 is 10.6 Å². The summed E-state index contributed by atoms with van der Waals surface area (Å²) in [5, 5.41) is 13.1. The summed E-state index contributed by atoms with van der Waals surface area (Å²) in [7, 11) is 1.79. The third-order valence-electron chi connectivity index (χ3n) is 7.76. The van der Waals surface area contributed by atoms with Gasteiger partial charge in [0.25, 0.3) is 5.91 Å². The fourth-order valence-electron chi connectivity index (χ4n) is 5.87. The molecular formula is C25H30FN7O2.